The highest BCUT2D eigenvalue weighted by Gasteiger charge is 2.29. The maximum atomic E-state index is 3.73. The van der Waals surface area contributed by atoms with Crippen molar-refractivity contribution >= 4 is 0 Å². The molecule has 1 fully saturated rings. The lowest BCUT2D eigenvalue weighted by Crippen LogP contribution is -2.46. The highest BCUT2D eigenvalue weighted by atomic mass is 15.2. The van der Waals surface area contributed by atoms with Crippen LogP contribution in [-0.4, -0.2) is 36.1 Å². The third kappa shape index (κ3) is 4.55. The number of nitrogens with zero attached hydrogens (tertiary/aromatic N) is 1. The summed E-state index contributed by atoms with van der Waals surface area (Å²) in [6.07, 6.45) is 2.60. The molecule has 0 amide bonds. The van der Waals surface area contributed by atoms with Crippen LogP contribution in [0.15, 0.2) is 24.3 Å². The molecule has 1 saturated carbocycles. The molecule has 1 aromatic carbocycles. The largest absolute Gasteiger partial charge is 0.313 e. The molecule has 0 aliphatic heterocycles. The van der Waals surface area contributed by atoms with Gasteiger partial charge in [-0.1, -0.05) is 29.8 Å². The predicted molar refractivity (Wildman–Crippen MR) is 91.9 cm³/mol. The minimum atomic E-state index is 0.633. The lowest BCUT2D eigenvalue weighted by Gasteiger charge is -2.38. The van der Waals surface area contributed by atoms with Gasteiger partial charge in [0.25, 0.3) is 0 Å². The van der Waals surface area contributed by atoms with Crippen molar-refractivity contribution in [1.29, 1.82) is 0 Å². The molecular formula is C19H32N2. The number of benzene rings is 1. The van der Waals surface area contributed by atoms with E-state index in [-0.39, 0.29) is 0 Å². The smallest absolute Gasteiger partial charge is 0.0112 e. The van der Waals surface area contributed by atoms with Gasteiger partial charge in [-0.25, -0.2) is 0 Å². The fourth-order valence-electron chi connectivity index (χ4n) is 3.49. The van der Waals surface area contributed by atoms with E-state index >= 15 is 0 Å². The molecular weight excluding hydrogens is 256 g/mol. The van der Waals surface area contributed by atoms with Crippen LogP contribution in [0.1, 0.15) is 57.6 Å². The Morgan fingerprint density at radius 2 is 1.81 bits per heavy atom. The second kappa shape index (κ2) is 7.42. The van der Waals surface area contributed by atoms with Crippen LogP contribution in [-0.2, 0) is 0 Å². The van der Waals surface area contributed by atoms with Crippen molar-refractivity contribution in [3.8, 4) is 0 Å². The van der Waals surface area contributed by atoms with Crippen LogP contribution in [0, 0.1) is 6.92 Å². The van der Waals surface area contributed by atoms with E-state index in [1.54, 1.807) is 0 Å². The molecule has 21 heavy (non-hydrogen) atoms. The summed E-state index contributed by atoms with van der Waals surface area (Å²) in [6, 6.07) is 11.0. The van der Waals surface area contributed by atoms with Crippen LogP contribution in [0.5, 0.6) is 0 Å². The van der Waals surface area contributed by atoms with E-state index in [0.29, 0.717) is 12.1 Å². The molecule has 2 heteroatoms. The first-order valence-corrected chi connectivity index (χ1v) is 8.53. The van der Waals surface area contributed by atoms with Crippen molar-refractivity contribution in [2.75, 3.05) is 13.1 Å². The van der Waals surface area contributed by atoms with E-state index < -0.39 is 0 Å². The van der Waals surface area contributed by atoms with Gasteiger partial charge in [-0.2, -0.15) is 0 Å². The van der Waals surface area contributed by atoms with Gasteiger partial charge in [0, 0.05) is 31.2 Å². The Hall–Kier alpha value is -0.860. The summed E-state index contributed by atoms with van der Waals surface area (Å²) in [4.78, 5) is 2.56. The van der Waals surface area contributed by atoms with Crippen LogP contribution in [0.4, 0.5) is 0 Å². The van der Waals surface area contributed by atoms with E-state index in [9.17, 15) is 0 Å². The van der Waals surface area contributed by atoms with Crippen LogP contribution in [0.3, 0.4) is 0 Å². The van der Waals surface area contributed by atoms with Crippen molar-refractivity contribution < 1.29 is 0 Å². The average Bonchev–Trinajstić information content (AvgIpc) is 2.35. The Balaban J connectivity index is 1.69. The van der Waals surface area contributed by atoms with Crippen LogP contribution in [0.2, 0.25) is 0 Å². The molecule has 0 bridgehead atoms. The Kier molecular flexibility index (Phi) is 5.83. The van der Waals surface area contributed by atoms with Crippen molar-refractivity contribution in [2.24, 2.45) is 0 Å². The third-order valence-electron chi connectivity index (χ3n) is 4.78. The molecule has 2 rings (SSSR count). The fourth-order valence-corrected chi connectivity index (χ4v) is 3.49. The molecule has 0 heterocycles. The van der Waals surface area contributed by atoms with E-state index in [1.165, 1.54) is 24.0 Å². The fraction of sp³-hybridized carbons (Fsp3) is 0.684. The van der Waals surface area contributed by atoms with Gasteiger partial charge in [0.15, 0.2) is 0 Å². The number of rotatable bonds is 7. The molecule has 1 N–H and O–H groups in total. The monoisotopic (exact) mass is 288 g/mol. The molecule has 0 aromatic heterocycles. The first kappa shape index (κ1) is 16.5. The quantitative estimate of drug-likeness (QED) is 0.817. The number of aryl methyl sites for hydroxylation is 1. The minimum Gasteiger partial charge on any atom is -0.313 e. The van der Waals surface area contributed by atoms with Gasteiger partial charge >= 0.3 is 0 Å². The summed E-state index contributed by atoms with van der Waals surface area (Å²) in [5.74, 6) is 0.772. The van der Waals surface area contributed by atoms with E-state index in [4.69, 9.17) is 0 Å². The summed E-state index contributed by atoms with van der Waals surface area (Å²) in [5, 5.41) is 3.73. The summed E-state index contributed by atoms with van der Waals surface area (Å²) < 4.78 is 0. The van der Waals surface area contributed by atoms with Gasteiger partial charge in [0.1, 0.15) is 0 Å². The summed E-state index contributed by atoms with van der Waals surface area (Å²) in [5.41, 5.74) is 2.91. The third-order valence-corrected chi connectivity index (χ3v) is 4.78. The second-order valence-electron chi connectivity index (χ2n) is 7.16. The molecule has 1 aliphatic rings. The highest BCUT2D eigenvalue weighted by molar-refractivity contribution is 5.27. The molecule has 118 valence electrons. The SMILES string of the molecule is Cc1cccc(C2CC(NCCN(C(C)C)C(C)C)C2)c1. The summed E-state index contributed by atoms with van der Waals surface area (Å²) in [6.45, 7) is 13.6. The molecule has 1 aliphatic carbocycles. The first-order chi connectivity index (χ1) is 9.97. The Bertz CT molecular complexity index is 425. The molecule has 0 unspecified atom stereocenters. The van der Waals surface area contributed by atoms with Crippen molar-refractivity contribution in [2.45, 2.75) is 71.5 Å². The van der Waals surface area contributed by atoms with Gasteiger partial charge in [-0.05, 0) is 58.9 Å². The Morgan fingerprint density at radius 3 is 2.38 bits per heavy atom. The maximum absolute atomic E-state index is 3.73. The van der Waals surface area contributed by atoms with Crippen molar-refractivity contribution in [3.05, 3.63) is 35.4 Å². The molecule has 0 atom stereocenters. The zero-order chi connectivity index (χ0) is 15.4. The van der Waals surface area contributed by atoms with Gasteiger partial charge < -0.3 is 5.32 Å². The molecule has 0 spiro atoms. The zero-order valence-corrected chi connectivity index (χ0v) is 14.4. The summed E-state index contributed by atoms with van der Waals surface area (Å²) in [7, 11) is 0. The van der Waals surface area contributed by atoms with Crippen molar-refractivity contribution in [3.63, 3.8) is 0 Å². The number of hydrogen-bond donors (Lipinski definition) is 1. The van der Waals surface area contributed by atoms with E-state index in [1.807, 2.05) is 0 Å². The van der Waals surface area contributed by atoms with E-state index in [0.717, 1.165) is 25.0 Å². The molecule has 0 saturated heterocycles. The minimum absolute atomic E-state index is 0.633. The summed E-state index contributed by atoms with van der Waals surface area (Å²) >= 11 is 0. The zero-order valence-electron chi connectivity index (χ0n) is 14.4. The lowest BCUT2D eigenvalue weighted by molar-refractivity contribution is 0.168. The predicted octanol–water partition coefficient (Wildman–Crippen LogP) is 3.95. The van der Waals surface area contributed by atoms with Crippen LogP contribution in [0.25, 0.3) is 0 Å². The molecule has 1 aromatic rings. The van der Waals surface area contributed by atoms with Gasteiger partial charge in [0.05, 0.1) is 0 Å². The maximum Gasteiger partial charge on any atom is 0.0112 e. The van der Waals surface area contributed by atoms with Crippen molar-refractivity contribution in [1.82, 2.24) is 10.2 Å². The van der Waals surface area contributed by atoms with Gasteiger partial charge in [-0.3, -0.25) is 4.90 Å². The molecule has 0 radical (unpaired) electrons. The molecule has 2 nitrogen and oxygen atoms in total. The normalized spacial score (nSPS) is 22.1. The lowest BCUT2D eigenvalue weighted by atomic mass is 9.75. The van der Waals surface area contributed by atoms with Gasteiger partial charge in [-0.15, -0.1) is 0 Å². The average molecular weight is 288 g/mol. The first-order valence-electron chi connectivity index (χ1n) is 8.53. The second-order valence-corrected chi connectivity index (χ2v) is 7.16. The van der Waals surface area contributed by atoms with Gasteiger partial charge in [0.2, 0.25) is 0 Å². The number of hydrogen-bond acceptors (Lipinski definition) is 2. The highest BCUT2D eigenvalue weighted by Crippen LogP contribution is 2.36. The standard InChI is InChI=1S/C19H32N2/c1-14(2)21(15(3)4)10-9-20-19-12-18(13-19)17-8-6-7-16(5)11-17/h6-8,11,14-15,18-20H,9-10,12-13H2,1-5H3. The number of nitrogens with one attached hydrogen (secondary N) is 1. The Labute approximate surface area is 130 Å². The topological polar surface area (TPSA) is 15.3 Å². The Morgan fingerprint density at radius 1 is 1.14 bits per heavy atom. The van der Waals surface area contributed by atoms with E-state index in [2.05, 4.69) is 69.1 Å². The van der Waals surface area contributed by atoms with Crippen LogP contribution >= 0.6 is 0 Å². The van der Waals surface area contributed by atoms with Crippen LogP contribution < -0.4 is 5.32 Å².